The van der Waals surface area contributed by atoms with E-state index >= 15 is 0 Å². The normalized spacial score (nSPS) is 20.4. The van der Waals surface area contributed by atoms with Crippen LogP contribution in [0, 0.1) is 0 Å². The van der Waals surface area contributed by atoms with Gasteiger partial charge in [0, 0.05) is 38.4 Å². The zero-order valence-electron chi connectivity index (χ0n) is 11.6. The Hall–Kier alpha value is -1.69. The minimum absolute atomic E-state index is 0.525. The number of aromatic nitrogens is 5. The van der Waals surface area contributed by atoms with Crippen molar-refractivity contribution in [2.24, 2.45) is 0 Å². The van der Waals surface area contributed by atoms with Crippen LogP contribution in [-0.4, -0.2) is 42.5 Å². The molecule has 20 heavy (non-hydrogen) atoms. The minimum atomic E-state index is 0.525. The quantitative estimate of drug-likeness (QED) is 0.844. The average molecular weight is 272 g/mol. The van der Waals surface area contributed by atoms with Crippen LogP contribution in [0.1, 0.15) is 37.0 Å². The largest absolute Gasteiger partial charge is 0.314 e. The Morgan fingerprint density at radius 2 is 2.10 bits per heavy atom. The van der Waals surface area contributed by atoms with Crippen LogP contribution in [0.4, 0.5) is 0 Å². The fourth-order valence-electron chi connectivity index (χ4n) is 3.20. The van der Waals surface area contributed by atoms with Gasteiger partial charge in [-0.05, 0) is 18.9 Å². The highest BCUT2D eigenvalue weighted by atomic mass is 15.4. The molecule has 0 aromatic carbocycles. The second kappa shape index (κ2) is 5.01. The molecule has 0 N–H and O–H groups in total. The molecule has 6 heteroatoms. The fraction of sp³-hybridized carbons (Fsp3) is 0.643. The molecule has 0 unspecified atom stereocenters. The maximum atomic E-state index is 4.40. The van der Waals surface area contributed by atoms with Crippen LogP contribution >= 0.6 is 0 Å². The van der Waals surface area contributed by atoms with Gasteiger partial charge in [0.1, 0.15) is 11.6 Å². The van der Waals surface area contributed by atoms with Crippen molar-refractivity contribution in [3.63, 3.8) is 0 Å². The van der Waals surface area contributed by atoms with Gasteiger partial charge < -0.3 is 4.57 Å². The molecular formula is C14H20N6. The first kappa shape index (κ1) is 12.1. The Kier molecular flexibility index (Phi) is 3.03. The first-order chi connectivity index (χ1) is 9.90. The van der Waals surface area contributed by atoms with Crippen LogP contribution in [0.25, 0.3) is 0 Å². The summed E-state index contributed by atoms with van der Waals surface area (Å²) in [5, 5.41) is 13.1. The highest BCUT2D eigenvalue weighted by molar-refractivity contribution is 5.00. The third-order valence-electron chi connectivity index (χ3n) is 4.39. The number of rotatable bonds is 3. The summed E-state index contributed by atoms with van der Waals surface area (Å²) in [4.78, 5) is 2.43. The van der Waals surface area contributed by atoms with E-state index in [2.05, 4.69) is 29.4 Å². The van der Waals surface area contributed by atoms with Crippen molar-refractivity contribution in [2.45, 2.75) is 44.8 Å². The van der Waals surface area contributed by atoms with E-state index in [0.29, 0.717) is 6.04 Å². The van der Waals surface area contributed by atoms with E-state index < -0.39 is 0 Å². The average Bonchev–Trinajstić information content (AvgIpc) is 2.99. The molecule has 0 amide bonds. The molecule has 1 saturated heterocycles. The van der Waals surface area contributed by atoms with Crippen LogP contribution in [-0.2, 0) is 19.5 Å². The van der Waals surface area contributed by atoms with E-state index in [-0.39, 0.29) is 0 Å². The van der Waals surface area contributed by atoms with Gasteiger partial charge in [-0.1, -0.05) is 6.42 Å². The monoisotopic (exact) mass is 272 g/mol. The molecule has 1 fully saturated rings. The molecule has 0 aliphatic carbocycles. The molecule has 6 nitrogen and oxygen atoms in total. The van der Waals surface area contributed by atoms with Crippen molar-refractivity contribution in [3.8, 4) is 0 Å². The molecular weight excluding hydrogens is 252 g/mol. The Bertz CT molecular complexity index is 567. The number of nitrogens with zero attached hydrogens (tertiary/aromatic N) is 6. The number of hydrogen-bond donors (Lipinski definition) is 0. The Labute approximate surface area is 118 Å². The molecule has 2 aliphatic heterocycles. The van der Waals surface area contributed by atoms with Gasteiger partial charge in [0.25, 0.3) is 0 Å². The number of likely N-dealkylation sites (tertiary alicyclic amines) is 1. The highest BCUT2D eigenvalue weighted by Crippen LogP contribution is 2.23. The van der Waals surface area contributed by atoms with Gasteiger partial charge in [0.05, 0.1) is 12.6 Å². The van der Waals surface area contributed by atoms with Crippen molar-refractivity contribution in [1.82, 2.24) is 29.4 Å². The lowest BCUT2D eigenvalue weighted by molar-refractivity contribution is 0.0866. The van der Waals surface area contributed by atoms with E-state index in [9.17, 15) is 0 Å². The van der Waals surface area contributed by atoms with Crippen molar-refractivity contribution >= 4 is 0 Å². The summed E-state index contributed by atoms with van der Waals surface area (Å²) >= 11 is 0. The fourth-order valence-corrected chi connectivity index (χ4v) is 3.20. The van der Waals surface area contributed by atoms with E-state index in [1.807, 2.05) is 18.5 Å². The molecule has 4 rings (SSSR count). The molecule has 0 atom stereocenters. The van der Waals surface area contributed by atoms with Gasteiger partial charge in [-0.3, -0.25) is 9.58 Å². The van der Waals surface area contributed by atoms with Gasteiger partial charge in [-0.2, -0.15) is 5.10 Å². The Morgan fingerprint density at radius 3 is 2.95 bits per heavy atom. The van der Waals surface area contributed by atoms with E-state index in [1.54, 1.807) is 0 Å². The lowest BCUT2D eigenvalue weighted by Crippen LogP contribution is -2.47. The predicted molar refractivity (Wildman–Crippen MR) is 74.1 cm³/mol. The van der Waals surface area contributed by atoms with Crippen molar-refractivity contribution in [2.75, 3.05) is 13.1 Å². The van der Waals surface area contributed by atoms with Crippen LogP contribution in [0.3, 0.4) is 0 Å². The van der Waals surface area contributed by atoms with Crippen molar-refractivity contribution < 1.29 is 0 Å². The van der Waals surface area contributed by atoms with Crippen molar-refractivity contribution in [1.29, 1.82) is 0 Å². The molecule has 0 saturated carbocycles. The zero-order chi connectivity index (χ0) is 13.4. The zero-order valence-corrected chi connectivity index (χ0v) is 11.6. The smallest absolute Gasteiger partial charge is 0.147 e. The second-order valence-corrected chi connectivity index (χ2v) is 5.83. The third-order valence-corrected chi connectivity index (χ3v) is 4.39. The number of fused-ring (bicyclic) bond motifs is 1. The van der Waals surface area contributed by atoms with Crippen LogP contribution in [0.15, 0.2) is 18.5 Å². The van der Waals surface area contributed by atoms with Gasteiger partial charge in [0.15, 0.2) is 0 Å². The molecule has 0 spiro atoms. The molecule has 2 aliphatic rings. The molecule has 0 radical (unpaired) electrons. The molecule has 106 valence electrons. The summed E-state index contributed by atoms with van der Waals surface area (Å²) in [7, 11) is 0. The lowest BCUT2D eigenvalue weighted by Gasteiger charge is -2.38. The van der Waals surface area contributed by atoms with E-state index in [1.165, 1.54) is 25.1 Å². The topological polar surface area (TPSA) is 51.8 Å². The van der Waals surface area contributed by atoms with Crippen LogP contribution < -0.4 is 0 Å². The standard InChI is InChI=1S/C14H20N6/c1-2-5-13-16-17-14(19(13)7-3-1)11-18-9-12(10-18)20-8-4-6-15-20/h4,6,8,12H,1-3,5,7,9-11H2. The SMILES string of the molecule is c1cnn(C2CN(Cc3nnc4n3CCCCC4)C2)c1. The van der Waals surface area contributed by atoms with E-state index in [4.69, 9.17) is 0 Å². The Balaban J connectivity index is 1.40. The van der Waals surface area contributed by atoms with Crippen LogP contribution in [0.5, 0.6) is 0 Å². The second-order valence-electron chi connectivity index (χ2n) is 5.83. The molecule has 2 aromatic heterocycles. The summed E-state index contributed by atoms with van der Waals surface area (Å²) in [5.41, 5.74) is 0. The maximum absolute atomic E-state index is 4.40. The number of aryl methyl sites for hydroxylation is 1. The van der Waals surface area contributed by atoms with Gasteiger partial charge in [0.2, 0.25) is 0 Å². The lowest BCUT2D eigenvalue weighted by atomic mass is 10.1. The molecule has 2 aromatic rings. The maximum Gasteiger partial charge on any atom is 0.147 e. The third kappa shape index (κ3) is 2.14. The van der Waals surface area contributed by atoms with Gasteiger partial charge >= 0.3 is 0 Å². The summed E-state index contributed by atoms with van der Waals surface area (Å²) in [6, 6.07) is 2.51. The summed E-state index contributed by atoms with van der Waals surface area (Å²) in [5.74, 6) is 2.32. The highest BCUT2D eigenvalue weighted by Gasteiger charge is 2.29. The summed E-state index contributed by atoms with van der Waals surface area (Å²) in [6.45, 7) is 4.13. The minimum Gasteiger partial charge on any atom is -0.314 e. The summed E-state index contributed by atoms with van der Waals surface area (Å²) in [6.07, 6.45) is 8.81. The summed E-state index contributed by atoms with van der Waals surface area (Å²) < 4.78 is 4.40. The van der Waals surface area contributed by atoms with Gasteiger partial charge in [-0.15, -0.1) is 10.2 Å². The first-order valence-corrected chi connectivity index (χ1v) is 7.52. The van der Waals surface area contributed by atoms with E-state index in [0.717, 1.165) is 38.4 Å². The van der Waals surface area contributed by atoms with Gasteiger partial charge in [-0.25, -0.2) is 0 Å². The number of hydrogen-bond acceptors (Lipinski definition) is 4. The molecule has 0 bridgehead atoms. The van der Waals surface area contributed by atoms with Crippen LogP contribution in [0.2, 0.25) is 0 Å². The predicted octanol–water partition coefficient (Wildman–Crippen LogP) is 1.26. The Morgan fingerprint density at radius 1 is 1.15 bits per heavy atom. The molecule has 4 heterocycles. The first-order valence-electron chi connectivity index (χ1n) is 7.52. The van der Waals surface area contributed by atoms with Crippen molar-refractivity contribution in [3.05, 3.63) is 30.1 Å².